The molecule has 1 heterocycles. The molecule has 0 aromatic carbocycles. The zero-order chi connectivity index (χ0) is 29.1. The maximum Gasteiger partial charge on any atom is 0.264 e. The number of quaternary nitrogens is 2. The summed E-state index contributed by atoms with van der Waals surface area (Å²) in [6, 6.07) is 0. The number of rotatable bonds is 20. The maximum atomic E-state index is 11.1. The average molecular weight is 633 g/mol. The van der Waals surface area contributed by atoms with E-state index >= 15 is 0 Å². The quantitative estimate of drug-likeness (QED) is 0.0810. The Balaban J connectivity index is 2.90. The third kappa shape index (κ3) is 17.3. The predicted molar refractivity (Wildman–Crippen MR) is 142 cm³/mol. The fraction of sp³-hybridized carbons (Fsp3) is 1.00. The molecule has 1 fully saturated rings. The lowest BCUT2D eigenvalue weighted by Gasteiger charge is -2.50. The molecule has 0 saturated carbocycles. The minimum absolute atomic E-state index is 0.273. The Labute approximate surface area is 227 Å². The van der Waals surface area contributed by atoms with E-state index in [1.165, 1.54) is 0 Å². The summed E-state index contributed by atoms with van der Waals surface area (Å²) in [5, 5.41) is 0. The van der Waals surface area contributed by atoms with Crippen LogP contribution in [0.4, 0.5) is 0 Å². The number of hydrogen-bond acceptors (Lipinski definition) is 8. The van der Waals surface area contributed by atoms with E-state index in [4.69, 9.17) is 18.2 Å². The molecule has 0 aromatic heterocycles. The Morgan fingerprint density at radius 1 is 0.368 bits per heavy atom. The van der Waals surface area contributed by atoms with Crippen LogP contribution in [0.1, 0.15) is 51.4 Å². The van der Waals surface area contributed by atoms with E-state index in [1.807, 2.05) is 0 Å². The average Bonchev–Trinajstić information content (AvgIpc) is 2.74. The topological polar surface area (TPSA) is 217 Å². The van der Waals surface area contributed by atoms with Crippen LogP contribution in [-0.4, -0.2) is 136 Å². The van der Waals surface area contributed by atoms with E-state index in [1.54, 1.807) is 0 Å². The molecule has 0 bridgehead atoms. The van der Waals surface area contributed by atoms with Crippen molar-refractivity contribution in [2.24, 2.45) is 0 Å². The smallest absolute Gasteiger partial charge is 0.264 e. The molecular formula is C20H44N2O12S4+2. The van der Waals surface area contributed by atoms with Gasteiger partial charge >= 0.3 is 0 Å². The van der Waals surface area contributed by atoms with Gasteiger partial charge in [0.25, 0.3) is 40.5 Å². The van der Waals surface area contributed by atoms with Gasteiger partial charge in [-0.3, -0.25) is 18.2 Å². The molecule has 18 heteroatoms. The second-order valence-electron chi connectivity index (χ2n) is 10.4. The van der Waals surface area contributed by atoms with Crippen LogP contribution in [-0.2, 0) is 40.5 Å². The Hall–Kier alpha value is -0.440. The van der Waals surface area contributed by atoms with Crippen molar-refractivity contribution in [2.45, 2.75) is 51.4 Å². The molecule has 14 nitrogen and oxygen atoms in total. The number of unbranched alkanes of at least 4 members (excludes halogenated alkanes) is 4. The molecule has 1 saturated heterocycles. The fourth-order valence-corrected chi connectivity index (χ4v) is 7.39. The van der Waals surface area contributed by atoms with Gasteiger partial charge in [0.15, 0.2) is 0 Å². The predicted octanol–water partition coefficient (Wildman–Crippen LogP) is 0.306. The first-order valence-corrected chi connectivity index (χ1v) is 19.2. The molecule has 0 atom stereocenters. The molecular weight excluding hydrogens is 588 g/mol. The normalized spacial score (nSPS) is 18.4. The van der Waals surface area contributed by atoms with Crippen LogP contribution in [0, 0.1) is 0 Å². The molecule has 1 aliphatic heterocycles. The highest BCUT2D eigenvalue weighted by Gasteiger charge is 2.41. The molecule has 1 rings (SSSR count). The summed E-state index contributed by atoms with van der Waals surface area (Å²) < 4.78 is 126. The van der Waals surface area contributed by atoms with Crippen LogP contribution < -0.4 is 0 Å². The molecule has 4 N–H and O–H groups in total. The van der Waals surface area contributed by atoms with Gasteiger partial charge in [-0.15, -0.1) is 0 Å². The molecule has 38 heavy (non-hydrogen) atoms. The second kappa shape index (κ2) is 15.0. The zero-order valence-corrected chi connectivity index (χ0v) is 25.0. The van der Waals surface area contributed by atoms with Crippen LogP contribution in [0.3, 0.4) is 0 Å². The largest absolute Gasteiger partial charge is 0.314 e. The SMILES string of the molecule is O=S(=O)(O)CCCC[N+]1(CCCCS(=O)(=O)O)CC[N+](CCCCS(=O)(=O)O)(CCCCS(=O)(=O)O)CC1. The molecule has 0 radical (unpaired) electrons. The second-order valence-corrected chi connectivity index (χ2v) is 16.7. The minimum Gasteiger partial charge on any atom is -0.314 e. The van der Waals surface area contributed by atoms with Crippen LogP contribution in [0.15, 0.2) is 0 Å². The van der Waals surface area contributed by atoms with Gasteiger partial charge in [0.05, 0.1) is 49.2 Å². The lowest BCUT2D eigenvalue weighted by Crippen LogP contribution is -2.67. The molecule has 0 spiro atoms. The molecule has 1 aliphatic rings. The van der Waals surface area contributed by atoms with E-state index in [9.17, 15) is 33.7 Å². The van der Waals surface area contributed by atoms with E-state index in [0.29, 0.717) is 87.0 Å². The summed E-state index contributed by atoms with van der Waals surface area (Å²) in [6.45, 7) is 5.17. The first-order valence-electron chi connectivity index (χ1n) is 12.7. The Bertz CT molecular complexity index is 968. The van der Waals surface area contributed by atoms with Crippen LogP contribution in [0.2, 0.25) is 0 Å². The molecule has 0 aliphatic carbocycles. The van der Waals surface area contributed by atoms with Gasteiger partial charge in [-0.25, -0.2) is 0 Å². The summed E-state index contributed by atoms with van der Waals surface area (Å²) in [4.78, 5) is 0. The Morgan fingerprint density at radius 2 is 0.553 bits per heavy atom. The zero-order valence-electron chi connectivity index (χ0n) is 21.7. The minimum atomic E-state index is -4.08. The number of hydrogen-bond donors (Lipinski definition) is 4. The maximum absolute atomic E-state index is 11.1. The Morgan fingerprint density at radius 3 is 0.711 bits per heavy atom. The van der Waals surface area contributed by atoms with Crippen molar-refractivity contribution in [3.63, 3.8) is 0 Å². The first kappa shape index (κ1) is 35.6. The monoisotopic (exact) mass is 632 g/mol. The summed E-state index contributed by atoms with van der Waals surface area (Å²) in [5.74, 6) is -1.40. The highest BCUT2D eigenvalue weighted by molar-refractivity contribution is 7.86. The third-order valence-electron chi connectivity index (χ3n) is 7.24. The highest BCUT2D eigenvalue weighted by Crippen LogP contribution is 2.24. The fourth-order valence-electron chi connectivity index (χ4n) is 5.12. The van der Waals surface area contributed by atoms with Crippen molar-refractivity contribution in [3.05, 3.63) is 0 Å². The number of nitrogens with zero attached hydrogens (tertiary/aromatic N) is 2. The third-order valence-corrected chi connectivity index (χ3v) is 10.5. The van der Waals surface area contributed by atoms with Crippen molar-refractivity contribution >= 4 is 40.5 Å². The van der Waals surface area contributed by atoms with Gasteiger partial charge in [0.2, 0.25) is 0 Å². The van der Waals surface area contributed by atoms with Gasteiger partial charge in [-0.2, -0.15) is 33.7 Å². The standard InChI is InChI=1S/C20H42N2O12S4/c23-35(24,25)17-5-1-9-21(10-2-6-18-36(26,27)28)13-15-22(16-14-21,11-3-7-19-37(29,30)31)12-4-8-20-38(32,33)34/h1-20H2,(H2-2,23,24,25,26,27,28,29,30,31,32,33,34)/p+2. The molecule has 0 aromatic rings. The summed E-state index contributed by atoms with van der Waals surface area (Å²) in [5.41, 5.74) is 0. The lowest BCUT2D eigenvalue weighted by atomic mass is 10.1. The lowest BCUT2D eigenvalue weighted by molar-refractivity contribution is -1.03. The van der Waals surface area contributed by atoms with Crippen molar-refractivity contribution in [3.8, 4) is 0 Å². The summed E-state index contributed by atoms with van der Waals surface area (Å²) in [6.07, 6.45) is 3.21. The molecule has 0 amide bonds. The van der Waals surface area contributed by atoms with Gasteiger partial charge in [-0.05, 0) is 51.4 Å². The number of piperazine rings is 1. The van der Waals surface area contributed by atoms with Crippen LogP contribution in [0.25, 0.3) is 0 Å². The van der Waals surface area contributed by atoms with Crippen molar-refractivity contribution in [1.29, 1.82) is 0 Å². The van der Waals surface area contributed by atoms with Gasteiger partial charge in [-0.1, -0.05) is 0 Å². The molecule has 228 valence electrons. The van der Waals surface area contributed by atoms with Crippen LogP contribution >= 0.6 is 0 Å². The first-order chi connectivity index (χ1) is 17.2. The van der Waals surface area contributed by atoms with E-state index in [0.717, 1.165) is 0 Å². The van der Waals surface area contributed by atoms with E-state index in [-0.39, 0.29) is 48.7 Å². The summed E-state index contributed by atoms with van der Waals surface area (Å²) >= 11 is 0. The van der Waals surface area contributed by atoms with Crippen molar-refractivity contribution in [2.75, 3.05) is 75.4 Å². The van der Waals surface area contributed by atoms with Crippen molar-refractivity contribution in [1.82, 2.24) is 0 Å². The van der Waals surface area contributed by atoms with E-state index < -0.39 is 40.5 Å². The van der Waals surface area contributed by atoms with Crippen molar-refractivity contribution < 1.29 is 60.8 Å². The Kier molecular flexibility index (Phi) is 14.0. The molecule has 0 unspecified atom stereocenters. The van der Waals surface area contributed by atoms with Gasteiger partial charge in [0, 0.05) is 0 Å². The highest BCUT2D eigenvalue weighted by atomic mass is 32.2. The van der Waals surface area contributed by atoms with Gasteiger partial charge in [0.1, 0.15) is 26.2 Å². The van der Waals surface area contributed by atoms with E-state index in [2.05, 4.69) is 0 Å². The van der Waals surface area contributed by atoms with Crippen LogP contribution in [0.5, 0.6) is 0 Å². The summed E-state index contributed by atoms with van der Waals surface area (Å²) in [7, 11) is -16.3. The van der Waals surface area contributed by atoms with Gasteiger partial charge < -0.3 is 8.97 Å².